The Morgan fingerprint density at radius 2 is 2.23 bits per heavy atom. The van der Waals surface area contributed by atoms with Crippen molar-refractivity contribution in [3.05, 3.63) is 23.8 Å². The first-order valence-electron chi connectivity index (χ1n) is 9.93. The van der Waals surface area contributed by atoms with Crippen LogP contribution in [0.1, 0.15) is 39.0 Å². The molecule has 1 saturated heterocycles. The van der Waals surface area contributed by atoms with E-state index in [4.69, 9.17) is 0 Å². The van der Waals surface area contributed by atoms with Crippen LogP contribution in [0.4, 0.5) is 4.39 Å². The highest BCUT2D eigenvalue weighted by molar-refractivity contribution is 5.93. The summed E-state index contributed by atoms with van der Waals surface area (Å²) in [7, 11) is 0. The molecule has 2 aliphatic rings. The average molecular weight is 423 g/mol. The van der Waals surface area contributed by atoms with Crippen LogP contribution in [0.15, 0.2) is 23.3 Å². The van der Waals surface area contributed by atoms with E-state index in [1.165, 1.54) is 25.3 Å². The van der Waals surface area contributed by atoms with E-state index in [-0.39, 0.29) is 37.3 Å². The Morgan fingerprint density at radius 1 is 1.50 bits per heavy atom. The number of carbonyl (C=O) groups is 3. The smallest absolute Gasteiger partial charge is 0.273 e. The number of hydrogen-bond acceptors (Lipinski definition) is 6. The summed E-state index contributed by atoms with van der Waals surface area (Å²) in [5.74, 6) is -1.76. The highest BCUT2D eigenvalue weighted by atomic mass is 19.1. The van der Waals surface area contributed by atoms with E-state index in [0.29, 0.717) is 16.3 Å². The normalized spacial score (nSPS) is 25.6. The van der Waals surface area contributed by atoms with Gasteiger partial charge in [-0.1, -0.05) is 24.1 Å². The molecule has 0 aromatic carbocycles. The summed E-state index contributed by atoms with van der Waals surface area (Å²) in [5, 5.41) is 23.3. The van der Waals surface area contributed by atoms with Crippen LogP contribution < -0.4 is 5.49 Å². The van der Waals surface area contributed by atoms with Crippen molar-refractivity contribution in [1.82, 2.24) is 19.9 Å². The maximum atomic E-state index is 14.4. The Kier molecular flexibility index (Phi) is 6.49. The SMILES string of the molecule is C[C@@]1(C(=O)N=c2cccnn2O)C[C@@H](F)CN1C(=O)[C@H](CC1CCC1)CN(O)C=O. The molecule has 0 spiro atoms. The zero-order chi connectivity index (χ0) is 21.9. The molecular weight excluding hydrogens is 397 g/mol. The van der Waals surface area contributed by atoms with Crippen LogP contribution in [0.3, 0.4) is 0 Å². The number of hydroxylamine groups is 2. The van der Waals surface area contributed by atoms with Gasteiger partial charge in [0.2, 0.25) is 12.3 Å². The van der Waals surface area contributed by atoms with Gasteiger partial charge in [-0.15, -0.1) is 5.10 Å². The van der Waals surface area contributed by atoms with Gasteiger partial charge in [0.15, 0.2) is 5.49 Å². The van der Waals surface area contributed by atoms with Crippen LogP contribution in [0, 0.1) is 11.8 Å². The molecule has 11 heteroatoms. The van der Waals surface area contributed by atoms with Crippen molar-refractivity contribution in [3.63, 3.8) is 0 Å². The Hall–Kier alpha value is -2.82. The lowest BCUT2D eigenvalue weighted by atomic mass is 9.78. The number of rotatable bonds is 7. The molecule has 1 saturated carbocycles. The third-order valence-corrected chi connectivity index (χ3v) is 5.97. The molecule has 3 rings (SSSR count). The molecule has 2 heterocycles. The van der Waals surface area contributed by atoms with Crippen LogP contribution >= 0.6 is 0 Å². The van der Waals surface area contributed by atoms with Crippen molar-refractivity contribution < 1.29 is 29.2 Å². The Balaban J connectivity index is 1.87. The second-order valence-electron chi connectivity index (χ2n) is 8.17. The first-order valence-corrected chi connectivity index (χ1v) is 9.93. The predicted octanol–water partition coefficient (Wildman–Crippen LogP) is 0.531. The predicted molar refractivity (Wildman–Crippen MR) is 99.6 cm³/mol. The summed E-state index contributed by atoms with van der Waals surface area (Å²) in [5.41, 5.74) is -1.70. The third kappa shape index (κ3) is 4.50. The molecule has 2 N–H and O–H groups in total. The minimum Gasteiger partial charge on any atom is -0.410 e. The van der Waals surface area contributed by atoms with Gasteiger partial charge in [0.05, 0.1) is 25.2 Å². The van der Waals surface area contributed by atoms with E-state index in [9.17, 15) is 29.2 Å². The molecule has 1 aromatic heterocycles. The Morgan fingerprint density at radius 3 is 2.83 bits per heavy atom. The maximum absolute atomic E-state index is 14.4. The van der Waals surface area contributed by atoms with Crippen LogP contribution in [-0.4, -0.2) is 73.3 Å². The number of hydrogen-bond donors (Lipinski definition) is 2. The molecule has 0 unspecified atom stereocenters. The number of aromatic nitrogens is 2. The van der Waals surface area contributed by atoms with E-state index in [1.54, 1.807) is 0 Å². The fourth-order valence-corrected chi connectivity index (χ4v) is 4.08. The van der Waals surface area contributed by atoms with Crippen LogP contribution in [-0.2, 0) is 14.4 Å². The van der Waals surface area contributed by atoms with Crippen molar-refractivity contribution in [2.24, 2.45) is 16.8 Å². The summed E-state index contributed by atoms with van der Waals surface area (Å²) >= 11 is 0. The van der Waals surface area contributed by atoms with Crippen molar-refractivity contribution in [3.8, 4) is 0 Å². The topological polar surface area (TPSA) is 128 Å². The summed E-state index contributed by atoms with van der Waals surface area (Å²) in [4.78, 5) is 42.5. The second-order valence-corrected chi connectivity index (χ2v) is 8.17. The molecule has 3 amide bonds. The number of carbonyl (C=O) groups excluding carboxylic acids is 3. The summed E-state index contributed by atoms with van der Waals surface area (Å²) in [6, 6.07) is 2.83. The lowest BCUT2D eigenvalue weighted by molar-refractivity contribution is -0.160. The molecule has 0 bridgehead atoms. The monoisotopic (exact) mass is 423 g/mol. The molecule has 1 aromatic rings. The molecular formula is C19H26FN5O5. The first-order chi connectivity index (χ1) is 14.2. The van der Waals surface area contributed by atoms with Gasteiger partial charge in [-0.3, -0.25) is 19.6 Å². The highest BCUT2D eigenvalue weighted by Gasteiger charge is 2.51. The van der Waals surface area contributed by atoms with Gasteiger partial charge in [0.1, 0.15) is 11.7 Å². The number of nitrogens with zero attached hydrogens (tertiary/aromatic N) is 5. The number of halogens is 1. The highest BCUT2D eigenvalue weighted by Crippen LogP contribution is 2.37. The van der Waals surface area contributed by atoms with Crippen LogP contribution in [0.2, 0.25) is 0 Å². The zero-order valence-electron chi connectivity index (χ0n) is 16.7. The largest absolute Gasteiger partial charge is 0.410 e. The van der Waals surface area contributed by atoms with E-state index in [2.05, 4.69) is 10.1 Å². The van der Waals surface area contributed by atoms with Gasteiger partial charge in [0.25, 0.3) is 5.91 Å². The number of alkyl halides is 1. The second kappa shape index (κ2) is 8.90. The van der Waals surface area contributed by atoms with Gasteiger partial charge >= 0.3 is 0 Å². The maximum Gasteiger partial charge on any atom is 0.273 e. The molecule has 0 radical (unpaired) electrons. The summed E-state index contributed by atoms with van der Waals surface area (Å²) in [6.07, 6.45) is 3.25. The average Bonchev–Trinajstić information content (AvgIpc) is 3.00. The van der Waals surface area contributed by atoms with Crippen molar-refractivity contribution in [2.75, 3.05) is 13.1 Å². The van der Waals surface area contributed by atoms with E-state index in [0.717, 1.165) is 24.2 Å². The van der Waals surface area contributed by atoms with Gasteiger partial charge in [-0.05, 0) is 31.4 Å². The first kappa shape index (κ1) is 21.9. The van der Waals surface area contributed by atoms with E-state index < -0.39 is 29.4 Å². The van der Waals surface area contributed by atoms with Gasteiger partial charge in [-0.2, -0.15) is 4.99 Å². The molecule has 3 atom stereocenters. The van der Waals surface area contributed by atoms with Crippen molar-refractivity contribution in [1.29, 1.82) is 0 Å². The molecule has 10 nitrogen and oxygen atoms in total. The van der Waals surface area contributed by atoms with Gasteiger partial charge in [-0.25, -0.2) is 9.45 Å². The molecule has 164 valence electrons. The Labute approximate surface area is 172 Å². The Bertz CT molecular complexity index is 873. The van der Waals surface area contributed by atoms with Gasteiger partial charge in [0, 0.05) is 6.42 Å². The molecule has 30 heavy (non-hydrogen) atoms. The summed E-state index contributed by atoms with van der Waals surface area (Å²) < 4.78 is 14.4. The lowest BCUT2D eigenvalue weighted by Crippen LogP contribution is -2.54. The quantitative estimate of drug-likeness (QED) is 0.285. The minimum absolute atomic E-state index is 0.146. The fraction of sp³-hybridized carbons (Fsp3) is 0.632. The number of likely N-dealkylation sites (tertiary alicyclic amines) is 1. The van der Waals surface area contributed by atoms with Crippen LogP contribution in [0.25, 0.3) is 0 Å². The van der Waals surface area contributed by atoms with Crippen molar-refractivity contribution in [2.45, 2.75) is 50.7 Å². The summed E-state index contributed by atoms with van der Waals surface area (Å²) in [6.45, 7) is 0.925. The van der Waals surface area contributed by atoms with E-state index >= 15 is 0 Å². The zero-order valence-corrected chi connectivity index (χ0v) is 16.7. The standard InChI is InChI=1S/C19H26FN5O5/c1-19(18(28)22-16-6-3-7-21-25(16)30)9-15(20)11-24(19)17(27)14(10-23(29)12-26)8-13-4-2-5-13/h3,6-7,12-15,29-30H,2,4-5,8-11H2,1H3/t14-,15-,19+/m1/s1. The van der Waals surface area contributed by atoms with Crippen LogP contribution in [0.5, 0.6) is 0 Å². The minimum atomic E-state index is -1.56. The van der Waals surface area contributed by atoms with E-state index in [1.807, 2.05) is 0 Å². The lowest BCUT2D eigenvalue weighted by Gasteiger charge is -2.37. The third-order valence-electron chi connectivity index (χ3n) is 5.97. The molecule has 1 aliphatic carbocycles. The van der Waals surface area contributed by atoms with Gasteiger partial charge < -0.3 is 10.1 Å². The molecule has 1 aliphatic heterocycles. The fourth-order valence-electron chi connectivity index (χ4n) is 4.08. The number of amides is 3. The molecule has 2 fully saturated rings. The van der Waals surface area contributed by atoms with Crippen molar-refractivity contribution >= 4 is 18.2 Å².